The van der Waals surface area contributed by atoms with Gasteiger partial charge in [-0.25, -0.2) is 8.78 Å². The molecule has 2 aromatic carbocycles. The third-order valence-corrected chi connectivity index (χ3v) is 2.77. The first-order chi connectivity index (χ1) is 9.40. The van der Waals surface area contributed by atoms with E-state index in [1.807, 2.05) is 0 Å². The maximum atomic E-state index is 13.8. The van der Waals surface area contributed by atoms with Crippen molar-refractivity contribution in [2.75, 3.05) is 5.32 Å². The van der Waals surface area contributed by atoms with Crippen molar-refractivity contribution in [3.63, 3.8) is 0 Å². The van der Waals surface area contributed by atoms with Crippen LogP contribution in [0.2, 0.25) is 0 Å². The van der Waals surface area contributed by atoms with E-state index >= 15 is 0 Å². The molecule has 4 N–H and O–H groups in total. The van der Waals surface area contributed by atoms with Crippen LogP contribution in [-0.2, 0) is 0 Å². The Hall–Kier alpha value is -2.63. The largest absolute Gasteiger partial charge is 0.506 e. The van der Waals surface area contributed by atoms with Gasteiger partial charge in [-0.1, -0.05) is 6.07 Å². The number of anilines is 2. The number of amides is 1. The average molecular weight is 278 g/mol. The van der Waals surface area contributed by atoms with Gasteiger partial charge in [0.2, 0.25) is 0 Å². The molecular formula is C14H12F2N2O2. The Kier molecular flexibility index (Phi) is 3.56. The van der Waals surface area contributed by atoms with Crippen LogP contribution in [0.5, 0.6) is 5.75 Å². The van der Waals surface area contributed by atoms with Crippen LogP contribution >= 0.6 is 0 Å². The maximum absolute atomic E-state index is 13.8. The van der Waals surface area contributed by atoms with Crippen LogP contribution in [0.1, 0.15) is 15.9 Å². The molecule has 0 saturated carbocycles. The van der Waals surface area contributed by atoms with Crippen molar-refractivity contribution in [3.8, 4) is 5.75 Å². The number of phenols is 1. The number of nitrogens with one attached hydrogen (secondary N) is 1. The van der Waals surface area contributed by atoms with Gasteiger partial charge in [-0.15, -0.1) is 0 Å². The minimum atomic E-state index is -1.23. The summed E-state index contributed by atoms with van der Waals surface area (Å²) in [4.78, 5) is 11.2. The standard InChI is InChI=1S/C14H12F2N2O2/c1-7-2-5-10(11(19)6-7)18-13-8(14(17)20)3-4-9(15)12(13)16/h2-6,18-19H,1H3,(H2,17,20). The number of benzene rings is 2. The van der Waals surface area contributed by atoms with Gasteiger partial charge in [-0.2, -0.15) is 0 Å². The number of primary amides is 1. The lowest BCUT2D eigenvalue weighted by molar-refractivity contribution is 0.100. The Balaban J connectivity index is 2.52. The fraction of sp³-hybridized carbons (Fsp3) is 0.0714. The van der Waals surface area contributed by atoms with Crippen molar-refractivity contribution < 1.29 is 18.7 Å². The van der Waals surface area contributed by atoms with Gasteiger partial charge in [0.15, 0.2) is 11.6 Å². The summed E-state index contributed by atoms with van der Waals surface area (Å²) in [6, 6.07) is 6.50. The Morgan fingerprint density at radius 3 is 2.55 bits per heavy atom. The number of halogens is 2. The SMILES string of the molecule is Cc1ccc(Nc2c(C(N)=O)ccc(F)c2F)c(O)c1. The number of nitrogens with two attached hydrogens (primary N) is 1. The number of aryl methyl sites for hydroxylation is 1. The lowest BCUT2D eigenvalue weighted by Crippen LogP contribution is -2.15. The molecule has 2 aromatic rings. The minimum absolute atomic E-state index is 0.141. The van der Waals surface area contributed by atoms with Gasteiger partial charge in [-0.05, 0) is 36.8 Å². The Morgan fingerprint density at radius 2 is 1.95 bits per heavy atom. The zero-order valence-electron chi connectivity index (χ0n) is 10.6. The number of carbonyl (C=O) groups is 1. The normalized spacial score (nSPS) is 10.3. The third kappa shape index (κ3) is 2.54. The fourth-order valence-corrected chi connectivity index (χ4v) is 1.76. The highest BCUT2D eigenvalue weighted by Gasteiger charge is 2.18. The van der Waals surface area contributed by atoms with Crippen molar-refractivity contribution in [1.82, 2.24) is 0 Å². The van der Waals surface area contributed by atoms with Crippen molar-refractivity contribution in [3.05, 3.63) is 53.1 Å². The highest BCUT2D eigenvalue weighted by Crippen LogP contribution is 2.31. The zero-order chi connectivity index (χ0) is 14.9. The Labute approximate surface area is 113 Å². The molecule has 0 unspecified atom stereocenters. The van der Waals surface area contributed by atoms with Crippen LogP contribution in [0, 0.1) is 18.6 Å². The van der Waals surface area contributed by atoms with Crippen LogP contribution in [0.25, 0.3) is 0 Å². The van der Waals surface area contributed by atoms with Gasteiger partial charge < -0.3 is 16.2 Å². The predicted molar refractivity (Wildman–Crippen MR) is 71.0 cm³/mol. The fourth-order valence-electron chi connectivity index (χ4n) is 1.76. The summed E-state index contributed by atoms with van der Waals surface area (Å²) in [7, 11) is 0. The van der Waals surface area contributed by atoms with Crippen LogP contribution in [-0.4, -0.2) is 11.0 Å². The number of aromatic hydroxyl groups is 1. The maximum Gasteiger partial charge on any atom is 0.250 e. The van der Waals surface area contributed by atoms with Gasteiger partial charge in [0.25, 0.3) is 5.91 Å². The molecule has 0 spiro atoms. The predicted octanol–water partition coefficient (Wildman–Crippen LogP) is 2.82. The van der Waals surface area contributed by atoms with E-state index < -0.39 is 23.2 Å². The van der Waals surface area contributed by atoms with E-state index in [9.17, 15) is 18.7 Å². The van der Waals surface area contributed by atoms with E-state index in [4.69, 9.17) is 5.73 Å². The molecule has 104 valence electrons. The van der Waals surface area contributed by atoms with Gasteiger partial charge in [0.1, 0.15) is 5.75 Å². The quantitative estimate of drug-likeness (QED) is 0.756. The summed E-state index contributed by atoms with van der Waals surface area (Å²) in [5.74, 6) is -3.41. The van der Waals surface area contributed by atoms with E-state index in [1.54, 1.807) is 13.0 Å². The van der Waals surface area contributed by atoms with Gasteiger partial charge >= 0.3 is 0 Å². The molecule has 0 heterocycles. The zero-order valence-corrected chi connectivity index (χ0v) is 10.6. The molecule has 20 heavy (non-hydrogen) atoms. The first kappa shape index (κ1) is 13.8. The second kappa shape index (κ2) is 5.16. The van der Waals surface area contributed by atoms with Crippen LogP contribution in [0.4, 0.5) is 20.2 Å². The van der Waals surface area contributed by atoms with E-state index in [0.717, 1.165) is 17.7 Å². The molecule has 0 aliphatic rings. The summed E-state index contributed by atoms with van der Waals surface area (Å²) in [5.41, 5.74) is 5.44. The summed E-state index contributed by atoms with van der Waals surface area (Å²) >= 11 is 0. The molecule has 0 bridgehead atoms. The van der Waals surface area contributed by atoms with Crippen LogP contribution in [0.15, 0.2) is 30.3 Å². The molecular weight excluding hydrogens is 266 g/mol. The second-order valence-corrected chi connectivity index (χ2v) is 4.29. The van der Waals surface area contributed by atoms with Gasteiger partial charge in [0, 0.05) is 0 Å². The highest BCUT2D eigenvalue weighted by molar-refractivity contribution is 5.99. The molecule has 0 saturated heterocycles. The smallest absolute Gasteiger partial charge is 0.250 e. The summed E-state index contributed by atoms with van der Waals surface area (Å²) < 4.78 is 27.1. The summed E-state index contributed by atoms with van der Waals surface area (Å²) in [5, 5.41) is 12.2. The minimum Gasteiger partial charge on any atom is -0.506 e. The van der Waals surface area contributed by atoms with Gasteiger partial charge in [-0.3, -0.25) is 4.79 Å². The molecule has 1 amide bonds. The van der Waals surface area contributed by atoms with Crippen molar-refractivity contribution >= 4 is 17.3 Å². The van der Waals surface area contributed by atoms with Crippen LogP contribution < -0.4 is 11.1 Å². The van der Waals surface area contributed by atoms with Crippen molar-refractivity contribution in [2.45, 2.75) is 6.92 Å². The van der Waals surface area contributed by atoms with Crippen molar-refractivity contribution in [1.29, 1.82) is 0 Å². The highest BCUT2D eigenvalue weighted by atomic mass is 19.2. The number of hydrogen-bond donors (Lipinski definition) is 3. The number of hydrogen-bond acceptors (Lipinski definition) is 3. The molecule has 4 nitrogen and oxygen atoms in total. The number of carbonyl (C=O) groups excluding carboxylic acids is 1. The molecule has 0 fully saturated rings. The lowest BCUT2D eigenvalue weighted by Gasteiger charge is -2.13. The number of phenolic OH excluding ortho intramolecular Hbond substituents is 1. The Bertz CT molecular complexity index is 687. The molecule has 2 rings (SSSR count). The van der Waals surface area contributed by atoms with E-state index in [1.165, 1.54) is 12.1 Å². The summed E-state index contributed by atoms with van der Waals surface area (Å²) in [6.45, 7) is 1.76. The Morgan fingerprint density at radius 1 is 1.25 bits per heavy atom. The lowest BCUT2D eigenvalue weighted by atomic mass is 10.1. The molecule has 0 radical (unpaired) electrons. The average Bonchev–Trinajstić information content (AvgIpc) is 2.37. The molecule has 0 aliphatic carbocycles. The van der Waals surface area contributed by atoms with E-state index in [-0.39, 0.29) is 17.0 Å². The first-order valence-electron chi connectivity index (χ1n) is 5.74. The van der Waals surface area contributed by atoms with Gasteiger partial charge in [0.05, 0.1) is 16.9 Å². The van der Waals surface area contributed by atoms with Crippen molar-refractivity contribution in [2.24, 2.45) is 5.73 Å². The molecule has 0 atom stereocenters. The molecule has 0 aromatic heterocycles. The van der Waals surface area contributed by atoms with Crippen LogP contribution in [0.3, 0.4) is 0 Å². The second-order valence-electron chi connectivity index (χ2n) is 4.29. The number of rotatable bonds is 3. The third-order valence-electron chi connectivity index (χ3n) is 2.77. The topological polar surface area (TPSA) is 75.3 Å². The van der Waals surface area contributed by atoms with E-state index in [0.29, 0.717) is 0 Å². The van der Waals surface area contributed by atoms with E-state index in [2.05, 4.69) is 5.32 Å². The molecule has 0 aliphatic heterocycles. The first-order valence-corrected chi connectivity index (χ1v) is 5.74. The molecule has 6 heteroatoms. The summed E-state index contributed by atoms with van der Waals surface area (Å²) in [6.07, 6.45) is 0. The monoisotopic (exact) mass is 278 g/mol.